The van der Waals surface area contributed by atoms with E-state index >= 15 is 0 Å². The molecule has 0 aromatic heterocycles. The van der Waals surface area contributed by atoms with E-state index in [-0.39, 0.29) is 5.92 Å². The van der Waals surface area contributed by atoms with E-state index in [4.69, 9.17) is 5.11 Å². The molecular formula is C12H17NO2S. The van der Waals surface area contributed by atoms with Crippen molar-refractivity contribution in [3.8, 4) is 0 Å². The third-order valence-corrected chi connectivity index (χ3v) is 3.19. The van der Waals surface area contributed by atoms with Gasteiger partial charge in [0.15, 0.2) is 0 Å². The minimum atomic E-state index is -0.757. The van der Waals surface area contributed by atoms with E-state index in [1.807, 2.05) is 36.4 Å². The molecule has 1 unspecified atom stereocenters. The Morgan fingerprint density at radius 2 is 2.25 bits per heavy atom. The van der Waals surface area contributed by atoms with Gasteiger partial charge in [0.25, 0.3) is 0 Å². The molecule has 0 amide bonds. The summed E-state index contributed by atoms with van der Waals surface area (Å²) in [6.45, 7) is 2.24. The molecule has 16 heavy (non-hydrogen) atoms. The number of carboxylic acids is 1. The van der Waals surface area contributed by atoms with Gasteiger partial charge in [0, 0.05) is 24.2 Å². The van der Waals surface area contributed by atoms with Crippen LogP contribution < -0.4 is 4.90 Å². The van der Waals surface area contributed by atoms with Crippen LogP contribution >= 0.6 is 11.8 Å². The summed E-state index contributed by atoms with van der Waals surface area (Å²) in [5.41, 5.74) is 1.06. The second kappa shape index (κ2) is 5.80. The molecule has 0 bridgehead atoms. The van der Waals surface area contributed by atoms with E-state index in [2.05, 4.69) is 6.07 Å². The van der Waals surface area contributed by atoms with Gasteiger partial charge in [-0.3, -0.25) is 4.79 Å². The van der Waals surface area contributed by atoms with Gasteiger partial charge in [0.2, 0.25) is 0 Å². The lowest BCUT2D eigenvalue weighted by Crippen LogP contribution is -2.28. The summed E-state index contributed by atoms with van der Waals surface area (Å²) in [4.78, 5) is 13.9. The Morgan fingerprint density at radius 3 is 2.81 bits per heavy atom. The van der Waals surface area contributed by atoms with Crippen LogP contribution in [0.1, 0.15) is 6.92 Å². The largest absolute Gasteiger partial charge is 0.481 e. The van der Waals surface area contributed by atoms with Crippen molar-refractivity contribution in [2.45, 2.75) is 11.8 Å². The van der Waals surface area contributed by atoms with Gasteiger partial charge in [-0.1, -0.05) is 13.0 Å². The van der Waals surface area contributed by atoms with Gasteiger partial charge in [-0.05, 0) is 24.5 Å². The first-order valence-electron chi connectivity index (χ1n) is 5.12. The molecule has 0 aliphatic heterocycles. The zero-order valence-corrected chi connectivity index (χ0v) is 10.6. The van der Waals surface area contributed by atoms with Crippen LogP contribution in [-0.2, 0) is 4.79 Å². The zero-order chi connectivity index (χ0) is 12.1. The number of rotatable bonds is 5. The lowest BCUT2D eigenvalue weighted by atomic mass is 10.1. The molecule has 0 aliphatic rings. The maximum absolute atomic E-state index is 10.8. The summed E-state index contributed by atoms with van der Waals surface area (Å²) in [5, 5.41) is 8.85. The van der Waals surface area contributed by atoms with E-state index in [1.54, 1.807) is 18.7 Å². The highest BCUT2D eigenvalue weighted by Gasteiger charge is 2.13. The number of hydrogen-bond acceptors (Lipinski definition) is 3. The number of benzene rings is 1. The van der Waals surface area contributed by atoms with Crippen molar-refractivity contribution >= 4 is 23.4 Å². The molecule has 0 aliphatic carbocycles. The first-order chi connectivity index (χ1) is 7.54. The molecule has 4 heteroatoms. The molecule has 0 saturated heterocycles. The minimum absolute atomic E-state index is 0.358. The van der Waals surface area contributed by atoms with Crippen LogP contribution in [0.2, 0.25) is 0 Å². The van der Waals surface area contributed by atoms with Crippen molar-refractivity contribution in [2.24, 2.45) is 5.92 Å². The SMILES string of the molecule is CSc1cccc(N(C)CC(C)C(=O)O)c1. The van der Waals surface area contributed by atoms with Gasteiger partial charge in [0.05, 0.1) is 5.92 Å². The average molecular weight is 239 g/mol. The van der Waals surface area contributed by atoms with E-state index in [0.717, 1.165) is 5.69 Å². The molecule has 0 heterocycles. The molecular weight excluding hydrogens is 222 g/mol. The third kappa shape index (κ3) is 3.45. The molecule has 0 fully saturated rings. The fourth-order valence-electron chi connectivity index (χ4n) is 1.44. The average Bonchev–Trinajstić information content (AvgIpc) is 2.28. The Hall–Kier alpha value is -1.16. The predicted molar refractivity (Wildman–Crippen MR) is 68.3 cm³/mol. The van der Waals surface area contributed by atoms with Crippen molar-refractivity contribution in [2.75, 3.05) is 24.7 Å². The monoisotopic (exact) mass is 239 g/mol. The van der Waals surface area contributed by atoms with Crippen LogP contribution in [0.3, 0.4) is 0 Å². The topological polar surface area (TPSA) is 40.5 Å². The lowest BCUT2D eigenvalue weighted by molar-refractivity contribution is -0.140. The summed E-state index contributed by atoms with van der Waals surface area (Å²) >= 11 is 1.68. The molecule has 1 atom stereocenters. The van der Waals surface area contributed by atoms with Crippen molar-refractivity contribution in [1.29, 1.82) is 0 Å². The van der Waals surface area contributed by atoms with E-state index < -0.39 is 5.97 Å². The summed E-state index contributed by atoms with van der Waals surface area (Å²) in [5.74, 6) is -1.11. The van der Waals surface area contributed by atoms with E-state index in [9.17, 15) is 4.79 Å². The molecule has 0 spiro atoms. The Kier molecular flexibility index (Phi) is 4.68. The summed E-state index contributed by atoms with van der Waals surface area (Å²) in [6.07, 6.45) is 2.03. The van der Waals surface area contributed by atoms with Crippen LogP contribution in [0.4, 0.5) is 5.69 Å². The maximum Gasteiger partial charge on any atom is 0.308 e. The van der Waals surface area contributed by atoms with Crippen LogP contribution in [0.15, 0.2) is 29.2 Å². The van der Waals surface area contributed by atoms with E-state index in [0.29, 0.717) is 6.54 Å². The highest BCUT2D eigenvalue weighted by atomic mass is 32.2. The van der Waals surface area contributed by atoms with Gasteiger partial charge < -0.3 is 10.0 Å². The summed E-state index contributed by atoms with van der Waals surface area (Å²) in [7, 11) is 1.92. The Labute approximate surface area is 100 Å². The fraction of sp³-hybridized carbons (Fsp3) is 0.417. The number of anilines is 1. The zero-order valence-electron chi connectivity index (χ0n) is 9.80. The first-order valence-corrected chi connectivity index (χ1v) is 6.35. The summed E-state index contributed by atoms with van der Waals surface area (Å²) in [6, 6.07) is 8.10. The molecule has 1 rings (SSSR count). The number of nitrogens with zero attached hydrogens (tertiary/aromatic N) is 1. The normalized spacial score (nSPS) is 12.2. The Morgan fingerprint density at radius 1 is 1.56 bits per heavy atom. The lowest BCUT2D eigenvalue weighted by Gasteiger charge is -2.21. The molecule has 1 aromatic carbocycles. The second-order valence-electron chi connectivity index (χ2n) is 3.82. The smallest absolute Gasteiger partial charge is 0.308 e. The van der Waals surface area contributed by atoms with Crippen LogP contribution in [0.25, 0.3) is 0 Å². The molecule has 1 aromatic rings. The van der Waals surface area contributed by atoms with Crippen molar-refractivity contribution in [3.63, 3.8) is 0 Å². The van der Waals surface area contributed by atoms with Gasteiger partial charge in [-0.2, -0.15) is 0 Å². The third-order valence-electron chi connectivity index (χ3n) is 2.46. The van der Waals surface area contributed by atoms with Crippen LogP contribution in [0, 0.1) is 5.92 Å². The fourth-order valence-corrected chi connectivity index (χ4v) is 1.90. The number of thioether (sulfide) groups is 1. The Balaban J connectivity index is 2.72. The second-order valence-corrected chi connectivity index (χ2v) is 4.70. The standard InChI is InChI=1S/C12H17NO2S/c1-9(12(14)15)8-13(2)10-5-4-6-11(7-10)16-3/h4-7,9H,8H2,1-3H3,(H,14,15). The quantitative estimate of drug-likeness (QED) is 0.802. The maximum atomic E-state index is 10.8. The van der Waals surface area contributed by atoms with Crippen LogP contribution in [-0.4, -0.2) is 30.9 Å². The number of hydrogen-bond donors (Lipinski definition) is 1. The molecule has 0 saturated carbocycles. The molecule has 1 N–H and O–H groups in total. The van der Waals surface area contributed by atoms with Gasteiger partial charge in [-0.25, -0.2) is 0 Å². The van der Waals surface area contributed by atoms with E-state index in [1.165, 1.54) is 4.90 Å². The van der Waals surface area contributed by atoms with Crippen LogP contribution in [0.5, 0.6) is 0 Å². The molecule has 3 nitrogen and oxygen atoms in total. The number of carboxylic acid groups (broad SMARTS) is 1. The van der Waals surface area contributed by atoms with Gasteiger partial charge in [-0.15, -0.1) is 11.8 Å². The van der Waals surface area contributed by atoms with Gasteiger partial charge >= 0.3 is 5.97 Å². The van der Waals surface area contributed by atoms with Crippen molar-refractivity contribution < 1.29 is 9.90 Å². The number of carbonyl (C=O) groups is 1. The predicted octanol–water partition coefficient (Wildman–Crippen LogP) is 2.57. The van der Waals surface area contributed by atoms with Crippen molar-refractivity contribution in [1.82, 2.24) is 0 Å². The first kappa shape index (κ1) is 12.9. The minimum Gasteiger partial charge on any atom is -0.481 e. The summed E-state index contributed by atoms with van der Waals surface area (Å²) < 4.78 is 0. The molecule has 88 valence electrons. The highest BCUT2D eigenvalue weighted by Crippen LogP contribution is 2.21. The number of aliphatic carboxylic acids is 1. The van der Waals surface area contributed by atoms with Gasteiger partial charge in [0.1, 0.15) is 0 Å². The highest BCUT2D eigenvalue weighted by molar-refractivity contribution is 7.98. The Bertz CT molecular complexity index is 368. The van der Waals surface area contributed by atoms with Crippen molar-refractivity contribution in [3.05, 3.63) is 24.3 Å². The molecule has 0 radical (unpaired) electrons.